The van der Waals surface area contributed by atoms with Crippen LogP contribution in [0.25, 0.3) is 11.0 Å². The van der Waals surface area contributed by atoms with Gasteiger partial charge in [0.25, 0.3) is 0 Å². The second kappa shape index (κ2) is 4.79. The van der Waals surface area contributed by atoms with E-state index in [0.717, 1.165) is 16.9 Å². The lowest BCUT2D eigenvalue weighted by molar-refractivity contribution is 0.302. The fourth-order valence-electron chi connectivity index (χ4n) is 3.55. The summed E-state index contributed by atoms with van der Waals surface area (Å²) >= 11 is 0. The number of rotatable bonds is 0. The summed E-state index contributed by atoms with van der Waals surface area (Å²) in [5, 5.41) is 0. The van der Waals surface area contributed by atoms with Crippen LogP contribution in [0.3, 0.4) is 0 Å². The molecule has 1 aromatic heterocycles. The number of aryl methyl sites for hydroxylation is 1. The number of fused-ring (bicyclic) bond motifs is 2. The molecule has 0 saturated carbocycles. The van der Waals surface area contributed by atoms with Gasteiger partial charge in [0, 0.05) is 11.0 Å². The normalized spacial score (nSPS) is 18.3. The standard InChI is InChI=1S/C21H23N3/c1-14-9-8-12-17-18(14)22-13-24(17)19-15-10-6-7-11-16(15)20(2,3)21(4,5)23-19/h6-13H,1-5H3. The minimum atomic E-state index is -0.197. The number of aromatic nitrogens is 2. The predicted octanol–water partition coefficient (Wildman–Crippen LogP) is 4.71. The van der Waals surface area contributed by atoms with E-state index >= 15 is 0 Å². The van der Waals surface area contributed by atoms with Gasteiger partial charge < -0.3 is 0 Å². The molecule has 4 rings (SSSR count). The average Bonchev–Trinajstić information content (AvgIpc) is 2.97. The Morgan fingerprint density at radius 2 is 1.67 bits per heavy atom. The summed E-state index contributed by atoms with van der Waals surface area (Å²) in [5.74, 6) is 0.989. The molecule has 24 heavy (non-hydrogen) atoms. The van der Waals surface area contributed by atoms with Crippen LogP contribution in [0, 0.1) is 6.92 Å². The summed E-state index contributed by atoms with van der Waals surface area (Å²) < 4.78 is 2.14. The van der Waals surface area contributed by atoms with Crippen LogP contribution in [0.15, 0.2) is 53.8 Å². The summed E-state index contributed by atoms with van der Waals surface area (Å²) in [4.78, 5) is 9.80. The van der Waals surface area contributed by atoms with Crippen molar-refractivity contribution in [1.29, 1.82) is 0 Å². The first kappa shape index (κ1) is 15.1. The minimum absolute atomic E-state index is 0.0284. The zero-order valence-electron chi connectivity index (χ0n) is 15.0. The Labute approximate surface area is 143 Å². The molecule has 3 aromatic rings. The molecule has 0 saturated heterocycles. The second-order valence-electron chi connectivity index (χ2n) is 7.72. The van der Waals surface area contributed by atoms with Crippen molar-refractivity contribution in [1.82, 2.24) is 9.55 Å². The summed E-state index contributed by atoms with van der Waals surface area (Å²) in [6, 6.07) is 14.9. The Balaban J connectivity index is 2.04. The van der Waals surface area contributed by atoms with Crippen molar-refractivity contribution in [3.63, 3.8) is 0 Å². The fourth-order valence-corrected chi connectivity index (χ4v) is 3.55. The molecule has 2 heterocycles. The van der Waals surface area contributed by atoms with Crippen LogP contribution in [0.1, 0.15) is 44.4 Å². The Hall–Kier alpha value is -2.42. The van der Waals surface area contributed by atoms with Gasteiger partial charge in [0.2, 0.25) is 0 Å². The molecule has 0 unspecified atom stereocenters. The van der Waals surface area contributed by atoms with Gasteiger partial charge >= 0.3 is 0 Å². The van der Waals surface area contributed by atoms with E-state index in [1.165, 1.54) is 16.7 Å². The van der Waals surface area contributed by atoms with Crippen LogP contribution in [-0.2, 0) is 5.41 Å². The van der Waals surface area contributed by atoms with Crippen molar-refractivity contribution in [2.24, 2.45) is 4.99 Å². The van der Waals surface area contributed by atoms with E-state index in [1.807, 2.05) is 6.33 Å². The first-order valence-corrected chi connectivity index (χ1v) is 8.46. The van der Waals surface area contributed by atoms with Gasteiger partial charge in [-0.1, -0.05) is 50.2 Å². The SMILES string of the molecule is Cc1cccc2c1ncn2C1=NC(C)(C)C(C)(C)c2ccccc21. The molecule has 3 heteroatoms. The maximum Gasteiger partial charge on any atom is 0.141 e. The number of aliphatic imine (C=N–C) groups is 1. The van der Waals surface area contributed by atoms with E-state index in [0.29, 0.717) is 0 Å². The van der Waals surface area contributed by atoms with Crippen LogP contribution < -0.4 is 0 Å². The van der Waals surface area contributed by atoms with E-state index < -0.39 is 0 Å². The third-order valence-corrected chi connectivity index (χ3v) is 5.76. The molecule has 0 aliphatic carbocycles. The monoisotopic (exact) mass is 317 g/mol. The molecule has 0 N–H and O–H groups in total. The highest BCUT2D eigenvalue weighted by molar-refractivity contribution is 6.07. The number of imidazole rings is 1. The maximum absolute atomic E-state index is 5.17. The molecule has 0 amide bonds. The largest absolute Gasteiger partial charge is 0.283 e. The van der Waals surface area contributed by atoms with Gasteiger partial charge in [0.1, 0.15) is 12.2 Å². The van der Waals surface area contributed by atoms with Crippen molar-refractivity contribution in [3.8, 4) is 0 Å². The minimum Gasteiger partial charge on any atom is -0.283 e. The number of benzene rings is 2. The highest BCUT2D eigenvalue weighted by Gasteiger charge is 2.44. The summed E-state index contributed by atoms with van der Waals surface area (Å²) in [6.07, 6.45) is 1.90. The van der Waals surface area contributed by atoms with Crippen molar-refractivity contribution in [2.45, 2.75) is 45.6 Å². The third-order valence-electron chi connectivity index (χ3n) is 5.76. The predicted molar refractivity (Wildman–Crippen MR) is 100.0 cm³/mol. The second-order valence-corrected chi connectivity index (χ2v) is 7.72. The van der Waals surface area contributed by atoms with Crippen molar-refractivity contribution in [3.05, 3.63) is 65.5 Å². The topological polar surface area (TPSA) is 30.2 Å². The van der Waals surface area contributed by atoms with E-state index in [1.54, 1.807) is 0 Å². The van der Waals surface area contributed by atoms with Crippen LogP contribution >= 0.6 is 0 Å². The van der Waals surface area contributed by atoms with E-state index in [4.69, 9.17) is 4.99 Å². The molecule has 3 nitrogen and oxygen atoms in total. The van der Waals surface area contributed by atoms with Gasteiger partial charge in [-0.25, -0.2) is 4.98 Å². The van der Waals surface area contributed by atoms with Crippen LogP contribution in [0.4, 0.5) is 0 Å². The van der Waals surface area contributed by atoms with Crippen LogP contribution in [0.5, 0.6) is 0 Å². The Bertz CT molecular complexity index is 974. The summed E-state index contributed by atoms with van der Waals surface area (Å²) in [5.41, 5.74) is 5.66. The first-order valence-electron chi connectivity index (χ1n) is 8.46. The molecule has 1 aliphatic heterocycles. The van der Waals surface area contributed by atoms with Gasteiger partial charge in [-0.3, -0.25) is 9.56 Å². The molecule has 0 spiro atoms. The number of hydrogen-bond donors (Lipinski definition) is 0. The van der Waals surface area contributed by atoms with E-state index in [9.17, 15) is 0 Å². The lowest BCUT2D eigenvalue weighted by Gasteiger charge is -2.44. The van der Waals surface area contributed by atoms with E-state index in [-0.39, 0.29) is 11.0 Å². The zero-order valence-corrected chi connectivity index (χ0v) is 15.0. The van der Waals surface area contributed by atoms with Crippen molar-refractivity contribution in [2.75, 3.05) is 0 Å². The van der Waals surface area contributed by atoms with Crippen molar-refractivity contribution < 1.29 is 0 Å². The van der Waals surface area contributed by atoms with Gasteiger partial charge in [0.05, 0.1) is 16.6 Å². The quantitative estimate of drug-likeness (QED) is 0.590. The molecular weight excluding hydrogens is 294 g/mol. The van der Waals surface area contributed by atoms with Gasteiger partial charge in [-0.15, -0.1) is 0 Å². The Morgan fingerprint density at radius 3 is 2.46 bits per heavy atom. The van der Waals surface area contributed by atoms with Crippen LogP contribution in [0.2, 0.25) is 0 Å². The highest BCUT2D eigenvalue weighted by Crippen LogP contribution is 2.43. The number of para-hydroxylation sites is 1. The molecule has 0 bridgehead atoms. The molecule has 0 atom stereocenters. The Kier molecular flexibility index (Phi) is 3.02. The number of nitrogens with zero attached hydrogens (tertiary/aromatic N) is 3. The van der Waals surface area contributed by atoms with E-state index in [2.05, 4.69) is 86.6 Å². The van der Waals surface area contributed by atoms with Gasteiger partial charge in [-0.05, 0) is 38.0 Å². The highest BCUT2D eigenvalue weighted by atomic mass is 15.1. The molecule has 1 aliphatic rings. The lowest BCUT2D eigenvalue weighted by atomic mass is 9.67. The molecular formula is C21H23N3. The molecule has 122 valence electrons. The van der Waals surface area contributed by atoms with Crippen LogP contribution in [-0.4, -0.2) is 20.9 Å². The third kappa shape index (κ3) is 1.90. The number of hydrogen-bond acceptors (Lipinski definition) is 2. The van der Waals surface area contributed by atoms with Gasteiger partial charge in [0.15, 0.2) is 0 Å². The lowest BCUT2D eigenvalue weighted by Crippen LogP contribution is -2.46. The molecule has 0 radical (unpaired) electrons. The molecule has 0 fully saturated rings. The molecule has 2 aromatic carbocycles. The fraction of sp³-hybridized carbons (Fsp3) is 0.333. The van der Waals surface area contributed by atoms with Gasteiger partial charge in [-0.2, -0.15) is 0 Å². The maximum atomic E-state index is 5.17. The summed E-state index contributed by atoms with van der Waals surface area (Å²) in [7, 11) is 0. The first-order chi connectivity index (χ1) is 11.3. The average molecular weight is 317 g/mol. The zero-order chi connectivity index (χ0) is 17.1. The summed E-state index contributed by atoms with van der Waals surface area (Å²) in [6.45, 7) is 11.1. The smallest absolute Gasteiger partial charge is 0.141 e. The van der Waals surface area contributed by atoms with Crippen molar-refractivity contribution >= 4 is 16.9 Å². The Morgan fingerprint density at radius 1 is 0.917 bits per heavy atom.